The highest BCUT2D eigenvalue weighted by atomic mass is 35.5. The second kappa shape index (κ2) is 12.1. The molecule has 2 amide bonds. The van der Waals surface area contributed by atoms with Crippen molar-refractivity contribution < 1.29 is 31.5 Å². The maximum absolute atomic E-state index is 14.2. The van der Waals surface area contributed by atoms with E-state index >= 15 is 0 Å². The second-order valence-electron chi connectivity index (χ2n) is 10.2. The Morgan fingerprint density at radius 3 is 2.47 bits per heavy atom. The molecule has 3 N–H and O–H groups in total. The number of nitrogens with one attached hydrogen (secondary N) is 1. The Hall–Kier alpha value is -4.32. The lowest BCUT2D eigenvalue weighted by Crippen LogP contribution is -2.34. The lowest BCUT2D eigenvalue weighted by Gasteiger charge is -2.22. The van der Waals surface area contributed by atoms with Crippen LogP contribution in [0.25, 0.3) is 11.1 Å². The van der Waals surface area contributed by atoms with E-state index in [2.05, 4.69) is 15.4 Å². The molecule has 0 spiro atoms. The lowest BCUT2D eigenvalue weighted by molar-refractivity contribution is -0.122. The van der Waals surface area contributed by atoms with Crippen molar-refractivity contribution in [3.63, 3.8) is 0 Å². The van der Waals surface area contributed by atoms with E-state index in [9.17, 15) is 31.5 Å². The van der Waals surface area contributed by atoms with E-state index in [1.807, 2.05) is 0 Å². The van der Waals surface area contributed by atoms with E-state index < -0.39 is 52.9 Å². The zero-order valence-electron chi connectivity index (χ0n) is 22.5. The predicted molar refractivity (Wildman–Crippen MR) is 148 cm³/mol. The van der Waals surface area contributed by atoms with E-state index in [1.54, 1.807) is 12.1 Å². The fourth-order valence-corrected chi connectivity index (χ4v) is 5.56. The van der Waals surface area contributed by atoms with Crippen molar-refractivity contribution in [1.82, 2.24) is 20.1 Å². The summed E-state index contributed by atoms with van der Waals surface area (Å²) in [5.41, 5.74) is 6.33. The van der Waals surface area contributed by atoms with Crippen LogP contribution in [0.5, 0.6) is 0 Å². The topological polar surface area (TPSA) is 103 Å². The van der Waals surface area contributed by atoms with Gasteiger partial charge in [-0.15, -0.1) is 0 Å². The Labute approximate surface area is 247 Å². The molecule has 1 aliphatic rings. The Morgan fingerprint density at radius 1 is 1.05 bits per heavy atom. The molecular formula is C30H25ClF5N5O2. The summed E-state index contributed by atoms with van der Waals surface area (Å²) in [5, 5.41) is 3.05. The Morgan fingerprint density at radius 2 is 1.77 bits per heavy atom. The molecule has 0 saturated carbocycles. The van der Waals surface area contributed by atoms with Crippen molar-refractivity contribution in [1.29, 1.82) is 0 Å². The standard InChI is InChI=1S/C30H25ClF5N5O2/c31-30(35,36)28-21-4-1-2-6-25(21)41(40-28)15-26(42)39-24(12-16-10-18(32)14-19(33)11-16)27-20(5-3-9-38-27)17-7-8-23(34)22(13-17)29(37)43/h3,5,7-11,13-14,24H,1-2,4,6,12,15H2,(H2,37,43)(H,39,42). The van der Waals surface area contributed by atoms with Gasteiger partial charge in [0.25, 0.3) is 5.91 Å². The number of nitrogens with two attached hydrogens (primary N) is 1. The van der Waals surface area contributed by atoms with Gasteiger partial charge in [0.05, 0.1) is 17.3 Å². The molecular weight excluding hydrogens is 593 g/mol. The van der Waals surface area contributed by atoms with Crippen LogP contribution in [0.15, 0.2) is 54.7 Å². The van der Waals surface area contributed by atoms with Gasteiger partial charge in [-0.05, 0) is 85.2 Å². The number of alkyl halides is 3. The molecule has 1 atom stereocenters. The van der Waals surface area contributed by atoms with Crippen molar-refractivity contribution in [2.45, 2.75) is 50.1 Å². The van der Waals surface area contributed by atoms with Gasteiger partial charge in [-0.1, -0.05) is 12.1 Å². The van der Waals surface area contributed by atoms with Crippen LogP contribution in [0, 0.1) is 17.5 Å². The number of amides is 2. The molecule has 1 unspecified atom stereocenters. The first-order valence-corrected chi connectivity index (χ1v) is 13.7. The van der Waals surface area contributed by atoms with Gasteiger partial charge in [0.15, 0.2) is 5.69 Å². The number of carbonyl (C=O) groups excluding carboxylic acids is 2. The van der Waals surface area contributed by atoms with Crippen LogP contribution < -0.4 is 11.1 Å². The number of aromatic nitrogens is 3. The molecule has 5 rings (SSSR count). The van der Waals surface area contributed by atoms with Crippen molar-refractivity contribution in [2.24, 2.45) is 5.73 Å². The number of halogens is 6. The summed E-state index contributed by atoms with van der Waals surface area (Å²) >= 11 is 5.31. The van der Waals surface area contributed by atoms with Crippen molar-refractivity contribution in [2.75, 3.05) is 0 Å². The van der Waals surface area contributed by atoms with Gasteiger partial charge in [-0.2, -0.15) is 13.9 Å². The number of fused-ring (bicyclic) bond motifs is 1. The van der Waals surface area contributed by atoms with Crippen LogP contribution in [-0.2, 0) is 36.0 Å². The Kier molecular flexibility index (Phi) is 8.50. The largest absolute Gasteiger partial charge is 0.366 e. The molecule has 43 heavy (non-hydrogen) atoms. The smallest absolute Gasteiger partial charge is 0.366 e. The second-order valence-corrected chi connectivity index (χ2v) is 10.7. The molecule has 1 aliphatic carbocycles. The highest BCUT2D eigenvalue weighted by Crippen LogP contribution is 2.38. The molecule has 2 aromatic carbocycles. The number of carbonyl (C=O) groups is 2. The first-order chi connectivity index (χ1) is 20.4. The van der Waals surface area contributed by atoms with Crippen LogP contribution in [0.3, 0.4) is 0 Å². The molecule has 0 saturated heterocycles. The van der Waals surface area contributed by atoms with Gasteiger partial charge < -0.3 is 11.1 Å². The maximum Gasteiger partial charge on any atom is 0.366 e. The van der Waals surface area contributed by atoms with Crippen LogP contribution in [0.4, 0.5) is 22.0 Å². The number of hydrogen-bond donors (Lipinski definition) is 2. The molecule has 2 heterocycles. The highest BCUT2D eigenvalue weighted by Gasteiger charge is 2.37. The van der Waals surface area contributed by atoms with Crippen LogP contribution in [0.2, 0.25) is 0 Å². The monoisotopic (exact) mass is 617 g/mol. The third kappa shape index (κ3) is 6.69. The Balaban J connectivity index is 1.52. The first-order valence-electron chi connectivity index (χ1n) is 13.4. The number of nitrogens with zero attached hydrogens (tertiary/aromatic N) is 3. The SMILES string of the molecule is NC(=O)c1cc(-c2cccnc2C(Cc2cc(F)cc(F)c2)NC(=O)Cn2nc(C(F)(F)Cl)c3c2CCCC3)ccc1F. The van der Waals surface area contributed by atoms with Crippen molar-refractivity contribution in [3.05, 3.63) is 106 Å². The van der Waals surface area contributed by atoms with E-state index in [1.165, 1.54) is 23.0 Å². The van der Waals surface area contributed by atoms with Gasteiger partial charge in [0.2, 0.25) is 5.91 Å². The summed E-state index contributed by atoms with van der Waals surface area (Å²) in [4.78, 5) is 29.6. The summed E-state index contributed by atoms with van der Waals surface area (Å²) < 4.78 is 71.8. The number of primary amides is 1. The molecule has 2 aromatic heterocycles. The van der Waals surface area contributed by atoms with Gasteiger partial charge in [-0.3, -0.25) is 19.3 Å². The first kappa shape index (κ1) is 30.1. The van der Waals surface area contributed by atoms with E-state index in [0.717, 1.165) is 24.6 Å². The van der Waals surface area contributed by atoms with Gasteiger partial charge in [-0.25, -0.2) is 13.2 Å². The number of benzene rings is 2. The molecule has 0 bridgehead atoms. The van der Waals surface area contributed by atoms with Crippen LogP contribution >= 0.6 is 11.6 Å². The summed E-state index contributed by atoms with van der Waals surface area (Å²) in [6, 6.07) is 8.80. The lowest BCUT2D eigenvalue weighted by atomic mass is 9.94. The summed E-state index contributed by atoms with van der Waals surface area (Å²) in [7, 11) is 0. The number of pyridine rings is 1. The predicted octanol–water partition coefficient (Wildman–Crippen LogP) is 5.73. The average molecular weight is 618 g/mol. The molecule has 7 nitrogen and oxygen atoms in total. The third-order valence-electron chi connectivity index (χ3n) is 7.23. The van der Waals surface area contributed by atoms with E-state index in [0.29, 0.717) is 47.7 Å². The molecule has 224 valence electrons. The average Bonchev–Trinajstić information content (AvgIpc) is 3.31. The molecule has 0 fully saturated rings. The maximum atomic E-state index is 14.2. The van der Waals surface area contributed by atoms with Crippen LogP contribution in [-0.4, -0.2) is 26.6 Å². The van der Waals surface area contributed by atoms with Gasteiger partial charge in [0.1, 0.15) is 24.0 Å². The minimum atomic E-state index is -3.71. The highest BCUT2D eigenvalue weighted by molar-refractivity contribution is 6.21. The molecule has 0 aliphatic heterocycles. The van der Waals surface area contributed by atoms with E-state index in [4.69, 9.17) is 17.3 Å². The summed E-state index contributed by atoms with van der Waals surface area (Å²) in [6.45, 7) is -0.437. The zero-order valence-corrected chi connectivity index (χ0v) is 23.3. The quantitative estimate of drug-likeness (QED) is 0.185. The Bertz CT molecular complexity index is 1680. The summed E-state index contributed by atoms with van der Waals surface area (Å²) in [6.07, 6.45) is 3.50. The molecule has 13 heteroatoms. The van der Waals surface area contributed by atoms with Crippen molar-refractivity contribution >= 4 is 23.4 Å². The summed E-state index contributed by atoms with van der Waals surface area (Å²) in [5.74, 6) is -4.12. The minimum absolute atomic E-state index is 0.128. The van der Waals surface area contributed by atoms with Gasteiger partial charge >= 0.3 is 5.38 Å². The minimum Gasteiger partial charge on any atom is -0.366 e. The normalized spacial score (nSPS) is 13.8. The third-order valence-corrected chi connectivity index (χ3v) is 7.41. The van der Waals surface area contributed by atoms with Crippen molar-refractivity contribution in [3.8, 4) is 11.1 Å². The number of hydrogen-bond acceptors (Lipinski definition) is 4. The molecule has 0 radical (unpaired) electrons. The van der Waals surface area contributed by atoms with E-state index in [-0.39, 0.29) is 23.2 Å². The van der Waals surface area contributed by atoms with Crippen LogP contribution in [0.1, 0.15) is 57.5 Å². The van der Waals surface area contributed by atoms with Gasteiger partial charge in [0, 0.05) is 29.1 Å². The zero-order chi connectivity index (χ0) is 30.9. The fourth-order valence-electron chi connectivity index (χ4n) is 5.41. The fraction of sp³-hybridized carbons (Fsp3) is 0.267. The number of rotatable bonds is 9. The molecule has 4 aromatic rings.